The van der Waals surface area contributed by atoms with E-state index in [4.69, 9.17) is 0 Å². The summed E-state index contributed by atoms with van der Waals surface area (Å²) in [5, 5.41) is 7.67. The van der Waals surface area contributed by atoms with Crippen molar-refractivity contribution in [3.05, 3.63) is 21.0 Å². The number of hydrogen-bond donors (Lipinski definition) is 1. The summed E-state index contributed by atoms with van der Waals surface area (Å²) in [6, 6.07) is 0.335. The maximum absolute atomic E-state index is 12.2. The van der Waals surface area contributed by atoms with Crippen molar-refractivity contribution in [2.24, 2.45) is 11.8 Å². The van der Waals surface area contributed by atoms with Gasteiger partial charge in [0.25, 0.3) is 5.56 Å². The molecule has 20 heavy (non-hydrogen) atoms. The SMILES string of the molecule is CCC(C)CC(C)Nc1cnn(CC2CC2)c(=O)c1Br. The molecule has 0 spiro atoms. The van der Waals surface area contributed by atoms with Crippen LogP contribution >= 0.6 is 15.9 Å². The highest BCUT2D eigenvalue weighted by atomic mass is 79.9. The van der Waals surface area contributed by atoms with E-state index in [1.165, 1.54) is 19.3 Å². The molecule has 0 aromatic carbocycles. The van der Waals surface area contributed by atoms with E-state index in [-0.39, 0.29) is 5.56 Å². The van der Waals surface area contributed by atoms with Gasteiger partial charge in [-0.25, -0.2) is 4.68 Å². The predicted octanol–water partition coefficient (Wildman–Crippen LogP) is 3.65. The van der Waals surface area contributed by atoms with Gasteiger partial charge >= 0.3 is 0 Å². The maximum atomic E-state index is 12.2. The van der Waals surface area contributed by atoms with Crippen LogP contribution in [0.2, 0.25) is 0 Å². The normalized spacial score (nSPS) is 17.8. The van der Waals surface area contributed by atoms with E-state index in [0.29, 0.717) is 22.4 Å². The lowest BCUT2D eigenvalue weighted by atomic mass is 10.0. The Morgan fingerprint density at radius 3 is 2.80 bits per heavy atom. The molecule has 1 aliphatic carbocycles. The monoisotopic (exact) mass is 341 g/mol. The first kappa shape index (κ1) is 15.5. The molecule has 0 bridgehead atoms. The second-order valence-corrected chi connectivity index (χ2v) is 6.89. The zero-order chi connectivity index (χ0) is 14.7. The molecule has 5 heteroatoms. The van der Waals surface area contributed by atoms with Crippen LogP contribution in [0.3, 0.4) is 0 Å². The number of anilines is 1. The van der Waals surface area contributed by atoms with Crippen molar-refractivity contribution < 1.29 is 0 Å². The first-order valence-electron chi connectivity index (χ1n) is 7.53. The molecule has 1 aliphatic rings. The summed E-state index contributed by atoms with van der Waals surface area (Å²) < 4.78 is 2.18. The predicted molar refractivity (Wildman–Crippen MR) is 86.1 cm³/mol. The number of nitrogens with zero attached hydrogens (tertiary/aromatic N) is 2. The molecule has 1 aromatic rings. The zero-order valence-electron chi connectivity index (χ0n) is 12.5. The van der Waals surface area contributed by atoms with Crippen molar-refractivity contribution in [2.45, 2.75) is 59.0 Å². The Morgan fingerprint density at radius 1 is 1.50 bits per heavy atom. The van der Waals surface area contributed by atoms with Crippen molar-refractivity contribution in [3.63, 3.8) is 0 Å². The second kappa shape index (κ2) is 6.74. The van der Waals surface area contributed by atoms with Gasteiger partial charge in [0, 0.05) is 12.6 Å². The van der Waals surface area contributed by atoms with Crippen molar-refractivity contribution in [1.29, 1.82) is 0 Å². The van der Waals surface area contributed by atoms with Gasteiger partial charge in [-0.1, -0.05) is 20.3 Å². The van der Waals surface area contributed by atoms with E-state index in [1.807, 2.05) is 0 Å². The maximum Gasteiger partial charge on any atom is 0.283 e. The molecule has 1 aromatic heterocycles. The van der Waals surface area contributed by atoms with Crippen LogP contribution in [0.25, 0.3) is 0 Å². The van der Waals surface area contributed by atoms with Gasteiger partial charge in [-0.15, -0.1) is 0 Å². The number of aromatic nitrogens is 2. The van der Waals surface area contributed by atoms with Crippen LogP contribution < -0.4 is 10.9 Å². The fourth-order valence-electron chi connectivity index (χ4n) is 2.34. The third-order valence-electron chi connectivity index (χ3n) is 3.97. The van der Waals surface area contributed by atoms with Crippen LogP contribution in [-0.2, 0) is 6.54 Å². The van der Waals surface area contributed by atoms with Crippen molar-refractivity contribution in [2.75, 3.05) is 5.32 Å². The van der Waals surface area contributed by atoms with Crippen LogP contribution in [0, 0.1) is 11.8 Å². The lowest BCUT2D eigenvalue weighted by molar-refractivity contribution is 0.482. The van der Waals surface area contributed by atoms with Crippen molar-refractivity contribution in [1.82, 2.24) is 9.78 Å². The molecule has 1 heterocycles. The quantitative estimate of drug-likeness (QED) is 0.823. The van der Waals surface area contributed by atoms with E-state index in [2.05, 4.69) is 47.1 Å². The van der Waals surface area contributed by atoms with E-state index in [0.717, 1.165) is 18.7 Å². The summed E-state index contributed by atoms with van der Waals surface area (Å²) in [5.41, 5.74) is 0.774. The first-order valence-corrected chi connectivity index (χ1v) is 8.32. The van der Waals surface area contributed by atoms with Gasteiger partial charge in [0.15, 0.2) is 0 Å². The van der Waals surface area contributed by atoms with Gasteiger partial charge in [-0.05, 0) is 54.0 Å². The van der Waals surface area contributed by atoms with Gasteiger partial charge < -0.3 is 5.32 Å². The summed E-state index contributed by atoms with van der Waals surface area (Å²) in [7, 11) is 0. The van der Waals surface area contributed by atoms with E-state index in [1.54, 1.807) is 10.9 Å². The topological polar surface area (TPSA) is 46.9 Å². The van der Waals surface area contributed by atoms with Gasteiger partial charge in [-0.2, -0.15) is 5.10 Å². The minimum Gasteiger partial charge on any atom is -0.380 e. The molecule has 0 saturated heterocycles. The Bertz CT molecular complexity index is 510. The molecule has 4 nitrogen and oxygen atoms in total. The minimum atomic E-state index is -0.0300. The smallest absolute Gasteiger partial charge is 0.283 e. The van der Waals surface area contributed by atoms with Gasteiger partial charge in [-0.3, -0.25) is 4.79 Å². The zero-order valence-corrected chi connectivity index (χ0v) is 14.1. The van der Waals surface area contributed by atoms with Crippen molar-refractivity contribution in [3.8, 4) is 0 Å². The van der Waals surface area contributed by atoms with E-state index in [9.17, 15) is 4.79 Å². The largest absolute Gasteiger partial charge is 0.380 e. The lowest BCUT2D eigenvalue weighted by Gasteiger charge is -2.19. The average Bonchev–Trinajstić information content (AvgIpc) is 3.22. The summed E-state index contributed by atoms with van der Waals surface area (Å²) >= 11 is 3.42. The summed E-state index contributed by atoms with van der Waals surface area (Å²) in [5.74, 6) is 1.33. The number of hydrogen-bond acceptors (Lipinski definition) is 3. The van der Waals surface area contributed by atoms with Crippen LogP contribution in [-0.4, -0.2) is 15.8 Å². The fourth-order valence-corrected chi connectivity index (χ4v) is 2.76. The van der Waals surface area contributed by atoms with E-state index >= 15 is 0 Å². The van der Waals surface area contributed by atoms with Gasteiger partial charge in [0.2, 0.25) is 0 Å². The van der Waals surface area contributed by atoms with Gasteiger partial charge in [0.05, 0.1) is 11.9 Å². The highest BCUT2D eigenvalue weighted by molar-refractivity contribution is 9.10. The lowest BCUT2D eigenvalue weighted by Crippen LogP contribution is -2.27. The summed E-state index contributed by atoms with van der Waals surface area (Å²) in [6.45, 7) is 7.35. The van der Waals surface area contributed by atoms with Crippen LogP contribution in [0.4, 0.5) is 5.69 Å². The Morgan fingerprint density at radius 2 is 2.20 bits per heavy atom. The summed E-state index contributed by atoms with van der Waals surface area (Å²) in [4.78, 5) is 12.2. The molecule has 0 aliphatic heterocycles. The number of nitrogens with one attached hydrogen (secondary N) is 1. The minimum absolute atomic E-state index is 0.0300. The summed E-state index contributed by atoms with van der Waals surface area (Å²) in [6.07, 6.45) is 6.47. The Balaban J connectivity index is 2.04. The molecule has 2 atom stereocenters. The molecule has 0 radical (unpaired) electrons. The molecule has 2 rings (SSSR count). The highest BCUT2D eigenvalue weighted by Crippen LogP contribution is 2.30. The Hall–Kier alpha value is -0.840. The van der Waals surface area contributed by atoms with Crippen molar-refractivity contribution >= 4 is 21.6 Å². The Labute approximate surface area is 129 Å². The highest BCUT2D eigenvalue weighted by Gasteiger charge is 2.23. The number of halogens is 1. The standard InChI is InChI=1S/C15H24BrN3O/c1-4-10(2)7-11(3)18-13-8-17-19(9-12-5-6-12)15(20)14(13)16/h8,10-12,18H,4-7,9H2,1-3H3. The molecule has 0 amide bonds. The third-order valence-corrected chi connectivity index (χ3v) is 4.73. The Kier molecular flexibility index (Phi) is 5.24. The van der Waals surface area contributed by atoms with Crippen LogP contribution in [0.5, 0.6) is 0 Å². The van der Waals surface area contributed by atoms with Crippen LogP contribution in [0.1, 0.15) is 46.5 Å². The fraction of sp³-hybridized carbons (Fsp3) is 0.733. The van der Waals surface area contributed by atoms with Gasteiger partial charge in [0.1, 0.15) is 4.47 Å². The average molecular weight is 342 g/mol. The molecule has 1 saturated carbocycles. The molecule has 112 valence electrons. The third kappa shape index (κ3) is 4.08. The molecular weight excluding hydrogens is 318 g/mol. The molecule has 1 fully saturated rings. The number of rotatable bonds is 7. The first-order chi connectivity index (χ1) is 9.51. The molecule has 1 N–H and O–H groups in total. The van der Waals surface area contributed by atoms with Crippen LogP contribution in [0.15, 0.2) is 15.5 Å². The molecular formula is C15H24BrN3O. The second-order valence-electron chi connectivity index (χ2n) is 6.10. The van der Waals surface area contributed by atoms with E-state index < -0.39 is 0 Å². The molecule has 2 unspecified atom stereocenters.